The van der Waals surface area contributed by atoms with Crippen molar-refractivity contribution in [2.45, 2.75) is 0 Å². The molecule has 0 aromatic rings. The Morgan fingerprint density at radius 1 is 1.21 bits per heavy atom. The van der Waals surface area contributed by atoms with Gasteiger partial charge < -0.3 is 45.9 Å². The van der Waals surface area contributed by atoms with Crippen LogP contribution in [0, 0.1) is 0 Å². The number of carbonyl (C=O) groups is 1. The van der Waals surface area contributed by atoms with Crippen LogP contribution >= 0.6 is 0 Å². The van der Waals surface area contributed by atoms with Crippen LogP contribution < -0.4 is 36.3 Å². The first-order valence-electron chi connectivity index (χ1n) is 3.26. The molecule has 0 saturated carbocycles. The van der Waals surface area contributed by atoms with E-state index in [4.69, 9.17) is 9.90 Å². The normalized spacial score (nSPS) is 7.71. The number of amides is 2. The smallest absolute Gasteiger partial charge is 0.309 e. The Bertz CT molecular complexity index is 118. The van der Waals surface area contributed by atoms with Crippen LogP contribution in [0.4, 0.5) is 4.79 Å². The average Bonchev–Trinajstić information content (AvgIpc) is 1.58. The number of hydrogen-bond donors (Lipinski definition) is 3. The van der Waals surface area contributed by atoms with Gasteiger partial charge in [0.2, 0.25) is 0 Å². The number of nitrogens with zero attached hydrogens (tertiary/aromatic N) is 1. The van der Waals surface area contributed by atoms with Gasteiger partial charge in [0.25, 0.3) is 0 Å². The first-order chi connectivity index (χ1) is 4.79. The summed E-state index contributed by atoms with van der Waals surface area (Å²) in [6.45, 7) is 1.11. The van der Waals surface area contributed by atoms with E-state index in [0.717, 1.165) is 11.0 Å². The summed E-state index contributed by atoms with van der Waals surface area (Å²) < 4.78 is 0.844. The molecule has 5 N–H and O–H groups in total. The Kier molecular flexibility index (Phi) is 33.1. The van der Waals surface area contributed by atoms with E-state index in [-0.39, 0.29) is 50.9 Å². The van der Waals surface area contributed by atoms with E-state index in [1.54, 1.807) is 0 Å². The van der Waals surface area contributed by atoms with Gasteiger partial charge in [-0.2, -0.15) is 0 Å². The monoisotopic (exact) mass is 298 g/mol. The molecule has 0 aliphatic heterocycles. The standard InChI is InChI=1S/C5H14NO.CH4N2O.2ClH.Zn/c1-6(2,3)4-5-7;2-1(3)4;;;/h7H,4-5H2,1-3H3;(H4,2,3,4);2*1H;/q+1;;;;/p-2. The van der Waals surface area contributed by atoms with Crippen molar-refractivity contribution in [2.75, 3.05) is 34.3 Å². The molecule has 0 aromatic carbocycles. The molecule has 0 spiro atoms. The second-order valence-corrected chi connectivity index (χ2v) is 3.14. The van der Waals surface area contributed by atoms with Crippen molar-refractivity contribution in [2.24, 2.45) is 11.5 Å². The van der Waals surface area contributed by atoms with Crippen LogP contribution in [0.1, 0.15) is 0 Å². The Hall–Kier alpha value is 0.393. The molecule has 0 heterocycles. The fourth-order valence-electron chi connectivity index (χ4n) is 0.300. The number of quaternary nitrogens is 1. The minimum Gasteiger partial charge on any atom is -1.00 e. The predicted octanol–water partition coefficient (Wildman–Crippen LogP) is -7.29. The molecule has 0 rings (SSSR count). The summed E-state index contributed by atoms with van der Waals surface area (Å²) >= 11 is 0. The third-order valence-corrected chi connectivity index (χ3v) is 0.771. The number of aliphatic hydroxyl groups excluding tert-OH is 1. The van der Waals surface area contributed by atoms with Crippen LogP contribution in [-0.4, -0.2) is 49.9 Å². The molecule has 2 amide bonds. The molecule has 86 valence electrons. The van der Waals surface area contributed by atoms with Gasteiger partial charge in [-0.25, -0.2) is 4.79 Å². The minimum absolute atomic E-state index is 0. The quantitative estimate of drug-likeness (QED) is 0.349. The fourth-order valence-corrected chi connectivity index (χ4v) is 0.300. The van der Waals surface area contributed by atoms with E-state index in [0.29, 0.717) is 0 Å². The van der Waals surface area contributed by atoms with E-state index in [9.17, 15) is 0 Å². The summed E-state index contributed by atoms with van der Waals surface area (Å²) in [7, 11) is 6.16. The maximum atomic E-state index is 9.00. The second-order valence-electron chi connectivity index (χ2n) is 3.14. The Labute approximate surface area is 110 Å². The zero-order chi connectivity index (χ0) is 9.49. The molecule has 0 unspecified atom stereocenters. The molecule has 5 nitrogen and oxygen atoms in total. The number of likely N-dealkylation sites (N-methyl/N-ethyl adjacent to an activating group) is 1. The number of urea groups is 1. The minimum atomic E-state index is -0.833. The third kappa shape index (κ3) is 83.3. The summed E-state index contributed by atoms with van der Waals surface area (Å²) in [6, 6.07) is -0.833. The Balaban J connectivity index is -0.0000000347. The van der Waals surface area contributed by atoms with Crippen molar-refractivity contribution in [3.8, 4) is 0 Å². The van der Waals surface area contributed by atoms with Crippen molar-refractivity contribution in [1.82, 2.24) is 0 Å². The number of nitrogens with two attached hydrogens (primary N) is 2. The molecule has 0 fully saturated rings. The van der Waals surface area contributed by atoms with Gasteiger partial charge >= 0.3 is 6.03 Å². The van der Waals surface area contributed by atoms with E-state index in [1.165, 1.54) is 0 Å². The van der Waals surface area contributed by atoms with Gasteiger partial charge in [-0.15, -0.1) is 0 Å². The first kappa shape index (κ1) is 29.3. The summed E-state index contributed by atoms with van der Waals surface area (Å²) in [4.78, 5) is 9.00. The number of rotatable bonds is 2. The van der Waals surface area contributed by atoms with E-state index >= 15 is 0 Å². The van der Waals surface area contributed by atoms with E-state index < -0.39 is 6.03 Å². The van der Waals surface area contributed by atoms with Gasteiger partial charge in [0.15, 0.2) is 0 Å². The van der Waals surface area contributed by atoms with Gasteiger partial charge in [-0.1, -0.05) is 0 Å². The van der Waals surface area contributed by atoms with Crippen molar-refractivity contribution in [1.29, 1.82) is 0 Å². The second kappa shape index (κ2) is 15.8. The average molecular weight is 301 g/mol. The number of carbonyl (C=O) groups excluding carboxylic acids is 1. The SMILES string of the molecule is C[N+](C)(C)CCO.NC(N)=O.[Cl-].[Cl-].[Zn]. The van der Waals surface area contributed by atoms with Crippen LogP contribution in [0.25, 0.3) is 0 Å². The molecule has 0 aliphatic rings. The topological polar surface area (TPSA) is 89.3 Å². The largest absolute Gasteiger partial charge is 1.00 e. The summed E-state index contributed by atoms with van der Waals surface area (Å²) in [6.07, 6.45) is 0. The Morgan fingerprint density at radius 3 is 1.43 bits per heavy atom. The van der Waals surface area contributed by atoms with Gasteiger partial charge in [-0.05, 0) is 0 Å². The van der Waals surface area contributed by atoms with Crippen LogP contribution in [0.3, 0.4) is 0 Å². The molecule has 0 saturated heterocycles. The number of hydrogen-bond acceptors (Lipinski definition) is 2. The van der Waals surface area contributed by atoms with Crippen molar-refractivity contribution in [3.05, 3.63) is 0 Å². The molecular weight excluding hydrogens is 282 g/mol. The number of halogens is 2. The van der Waals surface area contributed by atoms with Gasteiger partial charge in [-0.3, -0.25) is 0 Å². The molecule has 8 heteroatoms. The van der Waals surface area contributed by atoms with Crippen molar-refractivity contribution < 1.29 is 58.7 Å². The molecule has 0 aromatic heterocycles. The Morgan fingerprint density at radius 2 is 1.43 bits per heavy atom. The van der Waals surface area contributed by atoms with Gasteiger partial charge in [0.1, 0.15) is 6.54 Å². The fraction of sp³-hybridized carbons (Fsp3) is 0.833. The van der Waals surface area contributed by atoms with Crippen LogP contribution in [-0.2, 0) is 19.5 Å². The maximum Gasteiger partial charge on any atom is 0.309 e. The molecular formula is C6H18Cl2N3O2Zn-. The third-order valence-electron chi connectivity index (χ3n) is 0.771. The number of aliphatic hydroxyl groups is 1. The van der Waals surface area contributed by atoms with E-state index in [2.05, 4.69) is 32.6 Å². The number of primary amides is 2. The van der Waals surface area contributed by atoms with Crippen LogP contribution in [0.5, 0.6) is 0 Å². The molecule has 0 aliphatic carbocycles. The van der Waals surface area contributed by atoms with Crippen molar-refractivity contribution >= 4 is 6.03 Å². The molecule has 0 atom stereocenters. The van der Waals surface area contributed by atoms with Crippen LogP contribution in [0.2, 0.25) is 0 Å². The maximum absolute atomic E-state index is 9.00. The molecule has 14 heavy (non-hydrogen) atoms. The zero-order valence-corrected chi connectivity index (χ0v) is 13.3. The molecule has 0 radical (unpaired) electrons. The summed E-state index contributed by atoms with van der Waals surface area (Å²) in [5.41, 5.74) is 8.50. The van der Waals surface area contributed by atoms with E-state index in [1.807, 2.05) is 0 Å². The predicted molar refractivity (Wildman–Crippen MR) is 43.8 cm³/mol. The zero-order valence-electron chi connectivity index (χ0n) is 8.83. The first-order valence-corrected chi connectivity index (χ1v) is 3.26. The van der Waals surface area contributed by atoms with Crippen molar-refractivity contribution in [3.63, 3.8) is 0 Å². The molecule has 0 bridgehead atoms. The summed E-state index contributed by atoms with van der Waals surface area (Å²) in [5.74, 6) is 0. The van der Waals surface area contributed by atoms with Gasteiger partial charge in [0, 0.05) is 19.5 Å². The van der Waals surface area contributed by atoms with Crippen LogP contribution in [0.15, 0.2) is 0 Å². The van der Waals surface area contributed by atoms with Gasteiger partial charge in [0.05, 0.1) is 27.7 Å². The summed E-state index contributed by atoms with van der Waals surface area (Å²) in [5, 5.41) is 8.39.